The Labute approximate surface area is 117 Å². The summed E-state index contributed by atoms with van der Waals surface area (Å²) in [5.41, 5.74) is 1.66. The van der Waals surface area contributed by atoms with E-state index >= 15 is 0 Å². The number of amides is 1. The molecule has 1 aromatic carbocycles. The average Bonchev–Trinajstić information content (AvgIpc) is 3.01. The van der Waals surface area contributed by atoms with Gasteiger partial charge in [-0.2, -0.15) is 0 Å². The van der Waals surface area contributed by atoms with E-state index in [-0.39, 0.29) is 5.91 Å². The van der Waals surface area contributed by atoms with Gasteiger partial charge in [-0.1, -0.05) is 0 Å². The standard InChI is InChI=1S/C14H17N5O/c1-11-8-18(7-6-15-11)14(20)12-2-4-13(5-3-12)19-9-16-17-10-19/h2-5,9-11,15H,6-8H2,1H3/t11-/m1/s1. The molecule has 0 bridgehead atoms. The summed E-state index contributed by atoms with van der Waals surface area (Å²) in [7, 11) is 0. The van der Waals surface area contributed by atoms with Crippen molar-refractivity contribution < 1.29 is 4.79 Å². The molecule has 1 aromatic heterocycles. The van der Waals surface area contributed by atoms with E-state index in [0.29, 0.717) is 6.04 Å². The minimum Gasteiger partial charge on any atom is -0.336 e. The van der Waals surface area contributed by atoms with E-state index in [4.69, 9.17) is 0 Å². The Kier molecular flexibility index (Phi) is 3.47. The van der Waals surface area contributed by atoms with Gasteiger partial charge in [0.25, 0.3) is 5.91 Å². The number of carbonyl (C=O) groups excluding carboxylic acids is 1. The first-order valence-electron chi connectivity index (χ1n) is 6.72. The van der Waals surface area contributed by atoms with Gasteiger partial charge in [0, 0.05) is 36.9 Å². The smallest absolute Gasteiger partial charge is 0.253 e. The fraction of sp³-hybridized carbons (Fsp3) is 0.357. The molecule has 0 radical (unpaired) electrons. The van der Waals surface area contributed by atoms with E-state index in [9.17, 15) is 4.79 Å². The van der Waals surface area contributed by atoms with E-state index in [0.717, 1.165) is 30.9 Å². The summed E-state index contributed by atoms with van der Waals surface area (Å²) < 4.78 is 1.81. The van der Waals surface area contributed by atoms with E-state index < -0.39 is 0 Å². The predicted molar refractivity (Wildman–Crippen MR) is 74.7 cm³/mol. The maximum Gasteiger partial charge on any atom is 0.253 e. The number of piperazine rings is 1. The van der Waals surface area contributed by atoms with Crippen LogP contribution in [-0.4, -0.2) is 51.2 Å². The first kappa shape index (κ1) is 12.8. The van der Waals surface area contributed by atoms with Crippen molar-refractivity contribution in [2.24, 2.45) is 0 Å². The second-order valence-corrected chi connectivity index (χ2v) is 5.02. The maximum atomic E-state index is 12.4. The van der Waals surface area contributed by atoms with E-state index in [1.165, 1.54) is 0 Å². The summed E-state index contributed by atoms with van der Waals surface area (Å²) in [6.45, 7) is 4.46. The molecule has 1 N–H and O–H groups in total. The van der Waals surface area contributed by atoms with Gasteiger partial charge in [-0.3, -0.25) is 9.36 Å². The van der Waals surface area contributed by atoms with Crippen LogP contribution in [0.25, 0.3) is 5.69 Å². The molecule has 20 heavy (non-hydrogen) atoms. The highest BCUT2D eigenvalue weighted by atomic mass is 16.2. The molecule has 1 saturated heterocycles. The molecule has 2 aromatic rings. The second-order valence-electron chi connectivity index (χ2n) is 5.02. The van der Waals surface area contributed by atoms with Crippen molar-refractivity contribution >= 4 is 5.91 Å². The van der Waals surface area contributed by atoms with Crippen molar-refractivity contribution in [1.82, 2.24) is 25.0 Å². The number of aromatic nitrogens is 3. The van der Waals surface area contributed by atoms with E-state index in [2.05, 4.69) is 22.4 Å². The van der Waals surface area contributed by atoms with Crippen LogP contribution >= 0.6 is 0 Å². The van der Waals surface area contributed by atoms with Crippen LogP contribution in [0.1, 0.15) is 17.3 Å². The molecule has 6 heteroatoms. The molecule has 0 aliphatic carbocycles. The number of rotatable bonds is 2. The van der Waals surface area contributed by atoms with Gasteiger partial charge >= 0.3 is 0 Å². The minimum atomic E-state index is 0.0913. The maximum absolute atomic E-state index is 12.4. The molecular formula is C14H17N5O. The minimum absolute atomic E-state index is 0.0913. The lowest BCUT2D eigenvalue weighted by molar-refractivity contribution is 0.0709. The van der Waals surface area contributed by atoms with Gasteiger partial charge in [-0.25, -0.2) is 0 Å². The number of nitrogens with one attached hydrogen (secondary N) is 1. The van der Waals surface area contributed by atoms with Gasteiger partial charge < -0.3 is 10.2 Å². The zero-order valence-electron chi connectivity index (χ0n) is 11.4. The normalized spacial score (nSPS) is 19.1. The van der Waals surface area contributed by atoms with Crippen molar-refractivity contribution in [3.05, 3.63) is 42.5 Å². The summed E-state index contributed by atoms with van der Waals surface area (Å²) in [6.07, 6.45) is 3.27. The van der Waals surface area contributed by atoms with E-state index in [1.807, 2.05) is 29.2 Å². The molecule has 1 amide bonds. The Bertz CT molecular complexity index is 578. The third kappa shape index (κ3) is 2.55. The molecule has 1 aliphatic rings. The number of hydrogen-bond donors (Lipinski definition) is 1. The predicted octanol–water partition coefficient (Wildman–Crippen LogP) is 0.701. The fourth-order valence-electron chi connectivity index (χ4n) is 2.41. The summed E-state index contributed by atoms with van der Waals surface area (Å²) in [5.74, 6) is 0.0913. The molecule has 1 atom stereocenters. The zero-order valence-corrected chi connectivity index (χ0v) is 11.4. The van der Waals surface area contributed by atoms with Crippen molar-refractivity contribution in [2.75, 3.05) is 19.6 Å². The third-order valence-electron chi connectivity index (χ3n) is 3.49. The van der Waals surface area contributed by atoms with Crippen LogP contribution < -0.4 is 5.32 Å². The SMILES string of the molecule is C[C@@H]1CN(C(=O)c2ccc(-n3cnnc3)cc2)CCN1. The highest BCUT2D eigenvalue weighted by Gasteiger charge is 2.21. The number of benzene rings is 1. The van der Waals surface area contributed by atoms with Crippen LogP contribution in [0, 0.1) is 0 Å². The largest absolute Gasteiger partial charge is 0.336 e. The highest BCUT2D eigenvalue weighted by molar-refractivity contribution is 5.94. The van der Waals surface area contributed by atoms with Gasteiger partial charge in [-0.05, 0) is 31.2 Å². The second kappa shape index (κ2) is 5.42. The van der Waals surface area contributed by atoms with Gasteiger partial charge in [0.15, 0.2) is 0 Å². The van der Waals surface area contributed by atoms with Crippen LogP contribution in [0.2, 0.25) is 0 Å². The molecule has 1 aliphatic heterocycles. The Morgan fingerprint density at radius 1 is 1.25 bits per heavy atom. The van der Waals surface area contributed by atoms with Crippen molar-refractivity contribution in [2.45, 2.75) is 13.0 Å². The zero-order chi connectivity index (χ0) is 13.9. The van der Waals surface area contributed by atoms with Crippen LogP contribution in [0.3, 0.4) is 0 Å². The Morgan fingerprint density at radius 2 is 1.95 bits per heavy atom. The quantitative estimate of drug-likeness (QED) is 0.873. The first-order valence-corrected chi connectivity index (χ1v) is 6.72. The summed E-state index contributed by atoms with van der Waals surface area (Å²) >= 11 is 0. The van der Waals surface area contributed by atoms with Gasteiger partial charge in [0.05, 0.1) is 0 Å². The molecule has 6 nitrogen and oxygen atoms in total. The summed E-state index contributed by atoms with van der Waals surface area (Å²) in [6, 6.07) is 7.86. The van der Waals surface area contributed by atoms with Gasteiger partial charge in [0.1, 0.15) is 12.7 Å². The van der Waals surface area contributed by atoms with Gasteiger partial charge in [0.2, 0.25) is 0 Å². The van der Waals surface area contributed by atoms with Crippen LogP contribution in [0.5, 0.6) is 0 Å². The number of carbonyl (C=O) groups is 1. The van der Waals surface area contributed by atoms with Crippen LogP contribution in [0.4, 0.5) is 0 Å². The molecule has 0 spiro atoms. The van der Waals surface area contributed by atoms with Crippen LogP contribution in [0.15, 0.2) is 36.9 Å². The average molecular weight is 271 g/mol. The van der Waals surface area contributed by atoms with Crippen LogP contribution in [-0.2, 0) is 0 Å². The van der Waals surface area contributed by atoms with Crippen molar-refractivity contribution in [1.29, 1.82) is 0 Å². The fourth-order valence-corrected chi connectivity index (χ4v) is 2.41. The molecule has 3 rings (SSSR count). The Morgan fingerprint density at radius 3 is 2.60 bits per heavy atom. The summed E-state index contributed by atoms with van der Waals surface area (Å²) in [5, 5.41) is 10.9. The van der Waals surface area contributed by atoms with Gasteiger partial charge in [-0.15, -0.1) is 10.2 Å². The molecular weight excluding hydrogens is 254 g/mol. The Balaban J connectivity index is 1.75. The van der Waals surface area contributed by atoms with Crippen molar-refractivity contribution in [3.63, 3.8) is 0 Å². The molecule has 0 saturated carbocycles. The third-order valence-corrected chi connectivity index (χ3v) is 3.49. The summed E-state index contributed by atoms with van der Waals surface area (Å²) in [4.78, 5) is 14.3. The van der Waals surface area contributed by atoms with Crippen molar-refractivity contribution in [3.8, 4) is 5.69 Å². The lowest BCUT2D eigenvalue weighted by Crippen LogP contribution is -2.51. The number of nitrogens with zero attached hydrogens (tertiary/aromatic N) is 4. The molecule has 104 valence electrons. The molecule has 2 heterocycles. The lowest BCUT2D eigenvalue weighted by atomic mass is 10.1. The molecule has 0 unspecified atom stereocenters. The highest BCUT2D eigenvalue weighted by Crippen LogP contribution is 2.12. The number of hydrogen-bond acceptors (Lipinski definition) is 4. The topological polar surface area (TPSA) is 63.1 Å². The molecule has 1 fully saturated rings. The Hall–Kier alpha value is -2.21. The van der Waals surface area contributed by atoms with E-state index in [1.54, 1.807) is 17.2 Å². The lowest BCUT2D eigenvalue weighted by Gasteiger charge is -2.32. The first-order chi connectivity index (χ1) is 9.74. The monoisotopic (exact) mass is 271 g/mol.